The summed E-state index contributed by atoms with van der Waals surface area (Å²) in [4.78, 5) is 42.4. The predicted molar refractivity (Wildman–Crippen MR) is 219 cm³/mol. The van der Waals surface area contributed by atoms with E-state index in [2.05, 4.69) is 38.2 Å². The van der Waals surface area contributed by atoms with Crippen LogP contribution >= 0.6 is 0 Å². The topological polar surface area (TPSA) is 268 Å². The van der Waals surface area contributed by atoms with Crippen LogP contribution in [0, 0.1) is 0 Å². The number of rotatable bonds is 36. The van der Waals surface area contributed by atoms with Gasteiger partial charge < -0.3 is 49.7 Å². The molecule has 5 N–H and O–H groups in total. The van der Waals surface area contributed by atoms with Crippen LogP contribution in [-0.4, -0.2) is 101 Å². The molecule has 0 bridgehead atoms. The summed E-state index contributed by atoms with van der Waals surface area (Å²) >= 11 is 0. The molecule has 3 unspecified atom stereocenters. The number of hydrogen-bond donors (Lipinski definition) is 5. The maximum Gasteiger partial charge on any atom is 1.00 e. The minimum Gasteiger partial charge on any atom is -0.550 e. The summed E-state index contributed by atoms with van der Waals surface area (Å²) < 4.78 is 38.1. The molecule has 0 aliphatic rings. The van der Waals surface area contributed by atoms with E-state index in [1.165, 1.54) is 89.9 Å². The molecule has 0 aliphatic heterocycles. The van der Waals surface area contributed by atoms with Gasteiger partial charge in [-0.2, -0.15) is 8.42 Å². The van der Waals surface area contributed by atoms with Gasteiger partial charge in [0.2, 0.25) is 0 Å². The summed E-state index contributed by atoms with van der Waals surface area (Å²) in [5.41, 5.74) is 0. The predicted octanol–water partition coefficient (Wildman–Crippen LogP) is -1.58. The molecule has 15 nitrogen and oxygen atoms in total. The summed E-state index contributed by atoms with van der Waals surface area (Å²) in [7, 11) is -4.94. The third-order valence-corrected chi connectivity index (χ3v) is 9.63. The number of carboxylic acids is 2. The van der Waals surface area contributed by atoms with E-state index in [0.29, 0.717) is 12.8 Å². The smallest absolute Gasteiger partial charge is 0.550 e. The van der Waals surface area contributed by atoms with Crippen LogP contribution in [0.2, 0.25) is 0 Å². The Balaban J connectivity index is -0.000000260. The van der Waals surface area contributed by atoms with Crippen molar-refractivity contribution in [2.75, 3.05) is 26.4 Å². The van der Waals surface area contributed by atoms with E-state index in [1.807, 2.05) is 0 Å². The van der Waals surface area contributed by atoms with Crippen molar-refractivity contribution in [1.82, 2.24) is 0 Å². The minimum atomic E-state index is -4.94. The number of carboxylic acid groups (broad SMARTS) is 2. The standard InChI is InChI=1S/2C19H36O4.C4H6O7S.2Na/c2*1-2-3-4-5-6-7-8-9-10-11-12-13-14-15-19(22)23-17-18(21)16-20;5-3(6)1-2(4(7)8)12(9,10)11;;/h2*7-8,18,20-21H,2-6,9-17H2,1H3;2H,1H2,(H,5,6)(H,7,8)(H,9,10,11);;/q;;;2*+1/p-2/b2*8-7-;;;. The number of esters is 2. The van der Waals surface area contributed by atoms with Crippen molar-refractivity contribution in [2.24, 2.45) is 0 Å². The van der Waals surface area contributed by atoms with Crippen LogP contribution in [0.25, 0.3) is 0 Å². The SMILES string of the molecule is CCCCCC/C=C\CCCCCCCC(=O)OCC(O)CO.CCCCCC/C=C\CCCCCCCC(=O)OCC(O)CO.O=C([O-])CC(C(=O)[O-])S(=O)(=O)O.[Na+].[Na+]. The number of ether oxygens (including phenoxy) is 2. The second-order valence-electron chi connectivity index (χ2n) is 14.2. The molecule has 0 spiro atoms. The van der Waals surface area contributed by atoms with Crippen molar-refractivity contribution in [2.45, 2.75) is 192 Å². The van der Waals surface area contributed by atoms with Crippen LogP contribution in [0.3, 0.4) is 0 Å². The molecular formula is C42H76Na2O15S. The maximum absolute atomic E-state index is 11.3. The first kappa shape index (κ1) is 68.2. The first-order chi connectivity index (χ1) is 27.7. The largest absolute Gasteiger partial charge is 1.00 e. The molecule has 0 aromatic heterocycles. The van der Waals surface area contributed by atoms with Gasteiger partial charge in [-0.15, -0.1) is 0 Å². The Hall–Kier alpha value is -0.890. The molecule has 0 saturated carbocycles. The second-order valence-corrected chi connectivity index (χ2v) is 15.8. The van der Waals surface area contributed by atoms with E-state index in [9.17, 15) is 37.8 Å². The third-order valence-electron chi connectivity index (χ3n) is 8.55. The van der Waals surface area contributed by atoms with Crippen LogP contribution < -0.4 is 69.3 Å². The molecule has 0 heterocycles. The molecule has 0 fully saturated rings. The van der Waals surface area contributed by atoms with Gasteiger partial charge in [-0.25, -0.2) is 0 Å². The Bertz CT molecular complexity index is 1110. The Kier molecular flexibility index (Phi) is 57.7. The van der Waals surface area contributed by atoms with Gasteiger partial charge in [-0.05, 0) is 64.2 Å². The van der Waals surface area contributed by atoms with Crippen LogP contribution in [-0.2, 0) is 38.8 Å². The number of aliphatic hydroxyl groups is 4. The molecule has 0 aliphatic carbocycles. The quantitative estimate of drug-likeness (QED) is 0.0156. The maximum atomic E-state index is 11.3. The molecule has 60 heavy (non-hydrogen) atoms. The van der Waals surface area contributed by atoms with Crippen molar-refractivity contribution >= 4 is 34.0 Å². The first-order valence-electron chi connectivity index (χ1n) is 21.2. The van der Waals surface area contributed by atoms with Gasteiger partial charge in [-0.1, -0.05) is 115 Å². The number of aliphatic hydroxyl groups excluding tert-OH is 4. The third kappa shape index (κ3) is 55.1. The van der Waals surface area contributed by atoms with Gasteiger partial charge in [0.25, 0.3) is 10.1 Å². The zero-order chi connectivity index (χ0) is 44.3. The molecule has 0 aromatic carbocycles. The molecule has 0 rings (SSSR count). The second kappa shape index (κ2) is 50.8. The molecule has 342 valence electrons. The Morgan fingerprint density at radius 3 is 1.10 bits per heavy atom. The summed E-state index contributed by atoms with van der Waals surface area (Å²) in [5, 5.41) is 52.6. The van der Waals surface area contributed by atoms with Crippen molar-refractivity contribution in [3.05, 3.63) is 24.3 Å². The molecular weight excluding hydrogens is 822 g/mol. The van der Waals surface area contributed by atoms with Crippen molar-refractivity contribution in [1.29, 1.82) is 0 Å². The van der Waals surface area contributed by atoms with E-state index < -0.39 is 45.9 Å². The fourth-order valence-corrected chi connectivity index (χ4v) is 5.65. The van der Waals surface area contributed by atoms with Gasteiger partial charge in [0.15, 0.2) is 0 Å². The average molecular weight is 899 g/mol. The van der Waals surface area contributed by atoms with E-state index in [4.69, 9.17) is 34.5 Å². The fourth-order valence-electron chi connectivity index (χ4n) is 5.06. The normalized spacial score (nSPS) is 12.4. The Morgan fingerprint density at radius 1 is 0.550 bits per heavy atom. The summed E-state index contributed by atoms with van der Waals surface area (Å²) in [6, 6.07) is 0. The van der Waals surface area contributed by atoms with Crippen LogP contribution in [0.4, 0.5) is 0 Å². The number of carbonyl (C=O) groups is 4. The van der Waals surface area contributed by atoms with E-state index in [1.54, 1.807) is 0 Å². The van der Waals surface area contributed by atoms with Gasteiger partial charge in [-0.3, -0.25) is 14.1 Å². The van der Waals surface area contributed by atoms with Gasteiger partial charge in [0.1, 0.15) is 30.7 Å². The molecule has 0 amide bonds. The van der Waals surface area contributed by atoms with Gasteiger partial charge >= 0.3 is 71.1 Å². The van der Waals surface area contributed by atoms with Gasteiger partial charge in [0, 0.05) is 25.2 Å². The molecule has 0 aromatic rings. The molecule has 3 atom stereocenters. The number of allylic oxidation sites excluding steroid dienone is 4. The first-order valence-corrected chi connectivity index (χ1v) is 22.7. The minimum absolute atomic E-state index is 0. The summed E-state index contributed by atoms with van der Waals surface area (Å²) in [6.07, 6.45) is 33.1. The summed E-state index contributed by atoms with van der Waals surface area (Å²) in [5.74, 6) is -4.66. The van der Waals surface area contributed by atoms with Gasteiger partial charge in [0.05, 0.1) is 19.2 Å². The molecule has 0 radical (unpaired) electrons. The number of hydrogen-bond acceptors (Lipinski definition) is 14. The van der Waals surface area contributed by atoms with Crippen LogP contribution in [0.5, 0.6) is 0 Å². The number of aliphatic carboxylic acids is 2. The fraction of sp³-hybridized carbons (Fsp3) is 0.810. The van der Waals surface area contributed by atoms with E-state index >= 15 is 0 Å². The Morgan fingerprint density at radius 2 is 0.850 bits per heavy atom. The van der Waals surface area contributed by atoms with Crippen molar-refractivity contribution in [3.8, 4) is 0 Å². The number of carbonyl (C=O) groups excluding carboxylic acids is 4. The van der Waals surface area contributed by atoms with Crippen LogP contribution in [0.15, 0.2) is 24.3 Å². The van der Waals surface area contributed by atoms with Crippen LogP contribution in [0.1, 0.15) is 174 Å². The van der Waals surface area contributed by atoms with Crippen molar-refractivity contribution < 1.29 is 131 Å². The Labute approximate surface area is 404 Å². The van der Waals surface area contributed by atoms with E-state index in [0.717, 1.165) is 51.4 Å². The summed E-state index contributed by atoms with van der Waals surface area (Å²) in [6.45, 7) is 3.50. The molecule has 0 saturated heterocycles. The number of unbranched alkanes of at least 4 members (excludes halogenated alkanes) is 18. The zero-order valence-corrected chi connectivity index (χ0v) is 42.1. The zero-order valence-electron chi connectivity index (χ0n) is 37.3. The van der Waals surface area contributed by atoms with E-state index in [-0.39, 0.29) is 97.5 Å². The molecule has 18 heteroatoms. The average Bonchev–Trinajstić information content (AvgIpc) is 3.18. The monoisotopic (exact) mass is 898 g/mol. The van der Waals surface area contributed by atoms with Crippen molar-refractivity contribution in [3.63, 3.8) is 0 Å².